The van der Waals surface area contributed by atoms with Crippen LogP contribution in [0.5, 0.6) is 5.75 Å². The Morgan fingerprint density at radius 1 is 1.13 bits per heavy atom. The maximum atomic E-state index is 13.1. The van der Waals surface area contributed by atoms with Crippen molar-refractivity contribution in [3.05, 3.63) is 46.2 Å². The first-order chi connectivity index (χ1) is 21.4. The number of benzene rings is 1. The molecule has 1 fully saturated rings. The molecule has 17 nitrogen and oxygen atoms in total. The Morgan fingerprint density at radius 3 is 2.30 bits per heavy atom. The van der Waals surface area contributed by atoms with E-state index in [1.54, 1.807) is 34.6 Å². The Hall–Kier alpha value is -4.77. The van der Waals surface area contributed by atoms with Crippen molar-refractivity contribution in [2.75, 3.05) is 13.7 Å². The summed E-state index contributed by atoms with van der Waals surface area (Å²) in [7, 11) is 1.13. The number of nitrogens with zero attached hydrogens (tertiary/aromatic N) is 2. The van der Waals surface area contributed by atoms with Crippen molar-refractivity contribution in [2.24, 2.45) is 4.99 Å². The fourth-order valence-electron chi connectivity index (χ4n) is 4.53. The van der Waals surface area contributed by atoms with Gasteiger partial charge in [-0.15, -0.1) is 0 Å². The smallest absolute Gasteiger partial charge is 0.477 e. The normalized spacial score (nSPS) is 23.1. The molecule has 0 radical (unpaired) electrons. The zero-order chi connectivity index (χ0) is 34.4. The molecule has 2 N–H and O–H groups in total. The van der Waals surface area contributed by atoms with Gasteiger partial charge in [0.15, 0.2) is 18.0 Å². The van der Waals surface area contributed by atoms with Crippen LogP contribution in [0.4, 0.5) is 15.3 Å². The van der Waals surface area contributed by atoms with E-state index < -0.39 is 70.8 Å². The minimum absolute atomic E-state index is 0.0624. The van der Waals surface area contributed by atoms with E-state index in [4.69, 9.17) is 33.2 Å². The van der Waals surface area contributed by atoms with Gasteiger partial charge < -0.3 is 38.5 Å². The van der Waals surface area contributed by atoms with Crippen LogP contribution in [-0.4, -0.2) is 90.4 Å². The molecule has 1 aromatic rings. The van der Waals surface area contributed by atoms with Crippen molar-refractivity contribution in [1.82, 2.24) is 10.6 Å². The summed E-state index contributed by atoms with van der Waals surface area (Å²) in [5.41, 5.74) is -1.02. The minimum Gasteiger partial charge on any atom is -0.477 e. The van der Waals surface area contributed by atoms with Crippen LogP contribution < -0.4 is 15.4 Å². The highest BCUT2D eigenvalue weighted by molar-refractivity contribution is 5.94. The average molecular weight is 651 g/mol. The number of carbonyl (C=O) groups excluding carboxylic acids is 4. The molecule has 1 aromatic carbocycles. The SMILES string of the molecule is COC(=O)C1=C[C@H](N=C(C)NC(=O)OC(C)(C)C)[C@@H](NC(C)=O)[C@H]([C@H](OC(=O)Oc2ccc([N+](=O)[O-])cc2)[C@H]2COC(C)(C)O2)O1. The molecule has 2 aliphatic rings. The van der Waals surface area contributed by atoms with E-state index in [9.17, 15) is 29.3 Å². The Bertz CT molecular complexity index is 1380. The molecule has 5 atom stereocenters. The molecule has 3 rings (SSSR count). The average Bonchev–Trinajstić information content (AvgIpc) is 3.30. The standard InChI is InChI=1S/C29H38N4O13/c1-15(31-26(36)46-28(3,4)5)30-19-13-20(25(35)40-8)43-24(22(19)32-16(2)34)23(21-14-41-29(6,7)45-21)44-27(37)42-18-11-9-17(10-12-18)33(38)39/h9-13,19,21-24H,14H2,1-8H3,(H,32,34)(H,30,31,36)/t19-,21+,22+,23+,24+/m0/s1. The van der Waals surface area contributed by atoms with Crippen molar-refractivity contribution in [3.63, 3.8) is 0 Å². The summed E-state index contributed by atoms with van der Waals surface area (Å²) in [4.78, 5) is 65.5. The Morgan fingerprint density at radius 2 is 1.78 bits per heavy atom. The Balaban J connectivity index is 2.01. The fraction of sp³-hybridized carbons (Fsp3) is 0.552. The van der Waals surface area contributed by atoms with Gasteiger partial charge in [-0.25, -0.2) is 14.4 Å². The molecule has 2 aliphatic heterocycles. The maximum absolute atomic E-state index is 13.1. The number of hydrogen-bond donors (Lipinski definition) is 2. The summed E-state index contributed by atoms with van der Waals surface area (Å²) in [6, 6.07) is 2.47. The lowest BCUT2D eigenvalue weighted by molar-refractivity contribution is -0.384. The number of non-ortho nitro benzene ring substituents is 1. The Labute approximate surface area is 264 Å². The fourth-order valence-corrected chi connectivity index (χ4v) is 4.53. The lowest BCUT2D eigenvalue weighted by Gasteiger charge is -2.40. The highest BCUT2D eigenvalue weighted by Crippen LogP contribution is 2.33. The quantitative estimate of drug-likeness (QED) is 0.0789. The summed E-state index contributed by atoms with van der Waals surface area (Å²) in [5, 5.41) is 16.2. The highest BCUT2D eigenvalue weighted by atomic mass is 16.8. The second kappa shape index (κ2) is 14.6. The number of ether oxygens (including phenoxy) is 7. The third kappa shape index (κ3) is 10.1. The van der Waals surface area contributed by atoms with Gasteiger partial charge in [0.2, 0.25) is 11.7 Å². The molecule has 2 amide bonds. The van der Waals surface area contributed by atoms with Crippen LogP contribution in [0.25, 0.3) is 0 Å². The van der Waals surface area contributed by atoms with Gasteiger partial charge in [0.1, 0.15) is 23.3 Å². The third-order valence-electron chi connectivity index (χ3n) is 6.29. The van der Waals surface area contributed by atoms with E-state index in [0.29, 0.717) is 0 Å². The number of nitro benzene ring substituents is 1. The third-order valence-corrected chi connectivity index (χ3v) is 6.29. The van der Waals surface area contributed by atoms with Crippen LogP contribution in [0.15, 0.2) is 41.1 Å². The number of nitrogens with one attached hydrogen (secondary N) is 2. The van der Waals surface area contributed by atoms with Gasteiger partial charge in [-0.2, -0.15) is 0 Å². The van der Waals surface area contributed by atoms with Crippen LogP contribution in [0, 0.1) is 10.1 Å². The predicted octanol–water partition coefficient (Wildman–Crippen LogP) is 2.90. The summed E-state index contributed by atoms with van der Waals surface area (Å²) < 4.78 is 38.7. The minimum atomic E-state index is -1.41. The molecule has 46 heavy (non-hydrogen) atoms. The molecule has 0 saturated carbocycles. The van der Waals surface area contributed by atoms with Crippen molar-refractivity contribution in [2.45, 2.75) is 90.2 Å². The first-order valence-corrected chi connectivity index (χ1v) is 14.1. The number of hydrogen-bond acceptors (Lipinski definition) is 14. The van der Waals surface area contributed by atoms with E-state index in [0.717, 1.165) is 19.2 Å². The van der Waals surface area contributed by atoms with Crippen LogP contribution in [0.2, 0.25) is 0 Å². The molecule has 0 aliphatic carbocycles. The molecular formula is C29H38N4O13. The molecule has 0 spiro atoms. The second-order valence-electron chi connectivity index (χ2n) is 11.7. The van der Waals surface area contributed by atoms with Crippen molar-refractivity contribution < 1.29 is 57.3 Å². The number of alkyl carbamates (subject to hydrolysis) is 1. The molecule has 17 heteroatoms. The number of rotatable bonds is 8. The monoisotopic (exact) mass is 650 g/mol. The number of amidine groups is 1. The van der Waals surface area contributed by atoms with E-state index in [1.165, 1.54) is 32.1 Å². The van der Waals surface area contributed by atoms with Crippen molar-refractivity contribution >= 4 is 35.6 Å². The van der Waals surface area contributed by atoms with Crippen LogP contribution in [0.3, 0.4) is 0 Å². The molecule has 0 unspecified atom stereocenters. The van der Waals surface area contributed by atoms with E-state index in [-0.39, 0.29) is 29.6 Å². The summed E-state index contributed by atoms with van der Waals surface area (Å²) in [6.07, 6.45) is -4.55. The number of nitro groups is 1. The molecular weight excluding hydrogens is 612 g/mol. The van der Waals surface area contributed by atoms with Gasteiger partial charge >= 0.3 is 18.2 Å². The lowest BCUT2D eigenvalue weighted by atomic mass is 9.92. The topological polar surface area (TPSA) is 212 Å². The number of methoxy groups -OCH3 is 1. The van der Waals surface area contributed by atoms with Gasteiger partial charge in [-0.3, -0.25) is 25.2 Å². The summed E-state index contributed by atoms with van der Waals surface area (Å²) in [6.45, 7) is 10.9. The highest BCUT2D eigenvalue weighted by Gasteiger charge is 2.51. The van der Waals surface area contributed by atoms with Crippen LogP contribution >= 0.6 is 0 Å². The molecule has 2 heterocycles. The van der Waals surface area contributed by atoms with Gasteiger partial charge in [0.05, 0.1) is 30.7 Å². The second-order valence-corrected chi connectivity index (χ2v) is 11.7. The molecule has 252 valence electrons. The number of amides is 2. The molecule has 0 bridgehead atoms. The van der Waals surface area contributed by atoms with Crippen molar-refractivity contribution in [1.29, 1.82) is 0 Å². The van der Waals surface area contributed by atoms with Crippen molar-refractivity contribution in [3.8, 4) is 5.75 Å². The molecule has 1 saturated heterocycles. The van der Waals surface area contributed by atoms with E-state index in [2.05, 4.69) is 15.6 Å². The lowest BCUT2D eigenvalue weighted by Crippen LogP contribution is -2.60. The first-order valence-electron chi connectivity index (χ1n) is 14.1. The number of esters is 1. The first kappa shape index (κ1) is 35.7. The number of carbonyl (C=O) groups is 4. The number of aliphatic imine (C=N–C) groups is 1. The zero-order valence-corrected chi connectivity index (χ0v) is 26.7. The molecule has 0 aromatic heterocycles. The van der Waals surface area contributed by atoms with Crippen LogP contribution in [-0.2, 0) is 38.0 Å². The van der Waals surface area contributed by atoms with Crippen LogP contribution in [0.1, 0.15) is 48.5 Å². The Kier molecular flexibility index (Phi) is 11.3. The predicted molar refractivity (Wildman–Crippen MR) is 158 cm³/mol. The van der Waals surface area contributed by atoms with Gasteiger partial charge in [-0.05, 0) is 59.8 Å². The van der Waals surface area contributed by atoms with Gasteiger partial charge in [0.25, 0.3) is 5.69 Å². The van der Waals surface area contributed by atoms with E-state index in [1.807, 2.05) is 0 Å². The maximum Gasteiger partial charge on any atom is 0.514 e. The van der Waals surface area contributed by atoms with Gasteiger partial charge in [-0.1, -0.05) is 0 Å². The summed E-state index contributed by atoms with van der Waals surface area (Å²) >= 11 is 0. The largest absolute Gasteiger partial charge is 0.514 e. The zero-order valence-electron chi connectivity index (χ0n) is 26.7. The van der Waals surface area contributed by atoms with Gasteiger partial charge in [0, 0.05) is 19.1 Å². The summed E-state index contributed by atoms with van der Waals surface area (Å²) in [5.74, 6) is -2.87. The van der Waals surface area contributed by atoms with E-state index >= 15 is 0 Å².